The van der Waals surface area contributed by atoms with E-state index >= 15 is 0 Å². The van der Waals surface area contributed by atoms with Gasteiger partial charge in [-0.1, -0.05) is 19.1 Å². The molecule has 0 aliphatic carbocycles. The van der Waals surface area contributed by atoms with Gasteiger partial charge in [-0.3, -0.25) is 4.79 Å². The predicted molar refractivity (Wildman–Crippen MR) is 84.0 cm³/mol. The summed E-state index contributed by atoms with van der Waals surface area (Å²) in [5, 5.41) is 9.01. The minimum absolute atomic E-state index is 0.0246. The predicted octanol–water partition coefficient (Wildman–Crippen LogP) is 2.91. The van der Waals surface area contributed by atoms with E-state index < -0.39 is 0 Å². The van der Waals surface area contributed by atoms with Crippen molar-refractivity contribution in [2.24, 2.45) is 5.92 Å². The van der Waals surface area contributed by atoms with E-state index in [4.69, 9.17) is 0 Å². The van der Waals surface area contributed by atoms with Gasteiger partial charge in [-0.05, 0) is 26.1 Å². The van der Waals surface area contributed by atoms with Crippen LogP contribution in [0.25, 0.3) is 11.3 Å². The van der Waals surface area contributed by atoms with Crippen LogP contribution in [0.3, 0.4) is 0 Å². The average molecular weight is 289 g/mol. The Balaban J connectivity index is 2.03. The van der Waals surface area contributed by atoms with E-state index in [1.807, 2.05) is 50.5 Å². The van der Waals surface area contributed by atoms with E-state index in [-0.39, 0.29) is 11.8 Å². The van der Waals surface area contributed by atoms with Gasteiger partial charge in [-0.2, -0.15) is 0 Å². The van der Waals surface area contributed by atoms with Crippen LogP contribution in [-0.2, 0) is 4.79 Å². The normalized spacial score (nSPS) is 12.2. The molecule has 0 aliphatic rings. The number of benzene rings is 1. The molecule has 0 saturated carbocycles. The van der Waals surface area contributed by atoms with Crippen LogP contribution >= 0.6 is 11.3 Å². The van der Waals surface area contributed by atoms with E-state index in [1.165, 1.54) is 0 Å². The molecule has 0 aliphatic heterocycles. The molecule has 0 radical (unpaired) electrons. The Labute approximate surface area is 123 Å². The summed E-state index contributed by atoms with van der Waals surface area (Å²) < 4.78 is 0. The first-order valence-corrected chi connectivity index (χ1v) is 7.46. The Morgan fingerprint density at radius 2 is 2.05 bits per heavy atom. The van der Waals surface area contributed by atoms with Crippen LogP contribution in [-0.4, -0.2) is 24.5 Å². The highest BCUT2D eigenvalue weighted by molar-refractivity contribution is 7.09. The van der Waals surface area contributed by atoms with Crippen molar-refractivity contribution in [2.75, 3.05) is 18.9 Å². The summed E-state index contributed by atoms with van der Waals surface area (Å²) in [5.41, 5.74) is 2.86. The largest absolute Gasteiger partial charge is 0.326 e. The quantitative estimate of drug-likeness (QED) is 0.890. The van der Waals surface area contributed by atoms with Crippen molar-refractivity contribution >= 4 is 22.9 Å². The van der Waals surface area contributed by atoms with Gasteiger partial charge in [0.2, 0.25) is 5.91 Å². The number of anilines is 1. The molecule has 2 rings (SSSR count). The summed E-state index contributed by atoms with van der Waals surface area (Å²) in [6, 6.07) is 7.78. The highest BCUT2D eigenvalue weighted by atomic mass is 32.1. The second-order valence-electron chi connectivity index (χ2n) is 4.78. The Bertz CT molecular complexity index is 577. The highest BCUT2D eigenvalue weighted by Gasteiger charge is 2.11. The molecule has 1 amide bonds. The van der Waals surface area contributed by atoms with Crippen LogP contribution in [0.1, 0.15) is 11.9 Å². The van der Waals surface area contributed by atoms with Crippen molar-refractivity contribution in [3.8, 4) is 11.3 Å². The fourth-order valence-corrected chi connectivity index (χ4v) is 2.51. The maximum atomic E-state index is 11.9. The second-order valence-corrected chi connectivity index (χ2v) is 5.84. The number of hydrogen-bond acceptors (Lipinski definition) is 4. The minimum atomic E-state index is -0.0548. The number of carbonyl (C=O) groups excluding carboxylic acids is 1. The molecule has 0 bridgehead atoms. The van der Waals surface area contributed by atoms with Gasteiger partial charge in [0.05, 0.1) is 10.7 Å². The fraction of sp³-hybridized carbons (Fsp3) is 0.333. The molecule has 0 saturated heterocycles. The molecular formula is C15H19N3OS. The number of rotatable bonds is 5. The zero-order valence-electron chi connectivity index (χ0n) is 11.9. The van der Waals surface area contributed by atoms with Gasteiger partial charge in [0.25, 0.3) is 0 Å². The third-order valence-electron chi connectivity index (χ3n) is 3.03. The van der Waals surface area contributed by atoms with E-state index in [0.29, 0.717) is 6.54 Å². The first kappa shape index (κ1) is 14.7. The van der Waals surface area contributed by atoms with Crippen LogP contribution in [0.4, 0.5) is 5.69 Å². The van der Waals surface area contributed by atoms with Crippen molar-refractivity contribution in [2.45, 2.75) is 13.8 Å². The zero-order valence-corrected chi connectivity index (χ0v) is 12.8. The van der Waals surface area contributed by atoms with Gasteiger partial charge in [-0.25, -0.2) is 4.98 Å². The van der Waals surface area contributed by atoms with Crippen molar-refractivity contribution in [1.82, 2.24) is 10.3 Å². The first-order valence-electron chi connectivity index (χ1n) is 6.58. The minimum Gasteiger partial charge on any atom is -0.326 e. The van der Waals surface area contributed by atoms with Crippen molar-refractivity contribution in [3.05, 3.63) is 34.7 Å². The molecule has 4 nitrogen and oxygen atoms in total. The molecule has 5 heteroatoms. The molecule has 106 valence electrons. The number of thiazole rings is 1. The summed E-state index contributed by atoms with van der Waals surface area (Å²) in [5.74, 6) is -0.0301. The number of nitrogens with zero attached hydrogens (tertiary/aromatic N) is 1. The van der Waals surface area contributed by atoms with Crippen molar-refractivity contribution in [3.63, 3.8) is 0 Å². The smallest absolute Gasteiger partial charge is 0.228 e. The Morgan fingerprint density at radius 1 is 1.35 bits per heavy atom. The summed E-state index contributed by atoms with van der Waals surface area (Å²) in [4.78, 5) is 16.3. The lowest BCUT2D eigenvalue weighted by molar-refractivity contribution is -0.119. The Hall–Kier alpha value is -1.72. The van der Waals surface area contributed by atoms with Crippen LogP contribution < -0.4 is 10.6 Å². The Morgan fingerprint density at radius 3 is 2.60 bits per heavy atom. The molecular weight excluding hydrogens is 270 g/mol. The summed E-state index contributed by atoms with van der Waals surface area (Å²) in [6.07, 6.45) is 0. The van der Waals surface area contributed by atoms with Crippen LogP contribution in [0.2, 0.25) is 0 Å². The molecule has 1 unspecified atom stereocenters. The molecule has 1 aromatic heterocycles. The van der Waals surface area contributed by atoms with Gasteiger partial charge in [-0.15, -0.1) is 11.3 Å². The van der Waals surface area contributed by atoms with Gasteiger partial charge >= 0.3 is 0 Å². The number of nitrogens with one attached hydrogen (secondary N) is 2. The molecule has 2 aromatic rings. The summed E-state index contributed by atoms with van der Waals surface area (Å²) >= 11 is 1.64. The van der Waals surface area contributed by atoms with Gasteiger partial charge in [0, 0.05) is 29.1 Å². The van der Waals surface area contributed by atoms with Gasteiger partial charge < -0.3 is 10.6 Å². The SMILES string of the molecule is CNCC(C)C(=O)Nc1ccc(-c2csc(C)n2)cc1. The third kappa shape index (κ3) is 3.65. The summed E-state index contributed by atoms with van der Waals surface area (Å²) in [7, 11) is 1.84. The van der Waals surface area contributed by atoms with Crippen molar-refractivity contribution in [1.29, 1.82) is 0 Å². The standard InChI is InChI=1S/C15H19N3OS/c1-10(8-16-3)15(19)18-13-6-4-12(5-7-13)14-9-20-11(2)17-14/h4-7,9-10,16H,8H2,1-3H3,(H,18,19). The molecule has 1 atom stereocenters. The maximum Gasteiger partial charge on any atom is 0.228 e. The molecule has 20 heavy (non-hydrogen) atoms. The number of aryl methyl sites for hydroxylation is 1. The molecule has 2 N–H and O–H groups in total. The first-order chi connectivity index (χ1) is 9.60. The molecule has 1 aromatic carbocycles. The lowest BCUT2D eigenvalue weighted by Crippen LogP contribution is -2.28. The Kier molecular flexibility index (Phi) is 4.87. The third-order valence-corrected chi connectivity index (χ3v) is 3.80. The number of carbonyl (C=O) groups is 1. The highest BCUT2D eigenvalue weighted by Crippen LogP contribution is 2.23. The lowest BCUT2D eigenvalue weighted by atomic mass is 10.1. The second kappa shape index (κ2) is 6.63. The topological polar surface area (TPSA) is 54.0 Å². The molecule has 0 spiro atoms. The zero-order chi connectivity index (χ0) is 14.5. The van der Waals surface area contributed by atoms with E-state index in [2.05, 4.69) is 15.6 Å². The average Bonchev–Trinajstić information content (AvgIpc) is 2.86. The fourth-order valence-electron chi connectivity index (χ4n) is 1.88. The number of amides is 1. The van der Waals surface area contributed by atoms with E-state index in [1.54, 1.807) is 11.3 Å². The number of aromatic nitrogens is 1. The van der Waals surface area contributed by atoms with Crippen LogP contribution in [0.5, 0.6) is 0 Å². The van der Waals surface area contributed by atoms with Gasteiger partial charge in [0.15, 0.2) is 0 Å². The van der Waals surface area contributed by atoms with Gasteiger partial charge in [0.1, 0.15) is 0 Å². The number of hydrogen-bond donors (Lipinski definition) is 2. The van der Waals surface area contributed by atoms with Crippen molar-refractivity contribution < 1.29 is 4.79 Å². The van der Waals surface area contributed by atoms with E-state index in [9.17, 15) is 4.79 Å². The van der Waals surface area contributed by atoms with E-state index in [0.717, 1.165) is 22.0 Å². The monoisotopic (exact) mass is 289 g/mol. The summed E-state index contributed by atoms with van der Waals surface area (Å²) in [6.45, 7) is 4.56. The van der Waals surface area contributed by atoms with Crippen LogP contribution in [0, 0.1) is 12.8 Å². The lowest BCUT2D eigenvalue weighted by Gasteiger charge is -2.11. The molecule has 1 heterocycles. The van der Waals surface area contributed by atoms with Crippen LogP contribution in [0.15, 0.2) is 29.6 Å². The molecule has 0 fully saturated rings. The maximum absolute atomic E-state index is 11.9.